The summed E-state index contributed by atoms with van der Waals surface area (Å²) in [5.74, 6) is -4.90. The first kappa shape index (κ1) is 52.5. The first-order valence-corrected chi connectivity index (χ1v) is 20.1. The van der Waals surface area contributed by atoms with Gasteiger partial charge in [-0.05, 0) is 107 Å². The highest BCUT2D eigenvalue weighted by molar-refractivity contribution is 5.99. The summed E-state index contributed by atoms with van der Waals surface area (Å²) in [5.41, 5.74) is -3.50. The van der Waals surface area contributed by atoms with Crippen LogP contribution in [0.1, 0.15) is 117 Å². The number of esters is 4. The molecule has 18 heteroatoms. The van der Waals surface area contributed by atoms with Gasteiger partial charge in [-0.25, -0.2) is 9.59 Å². The van der Waals surface area contributed by atoms with Crippen molar-refractivity contribution in [3.05, 3.63) is 47.5 Å². The van der Waals surface area contributed by atoms with Crippen LogP contribution < -0.4 is 20.1 Å². The molecule has 2 aromatic rings. The Morgan fingerprint density at radius 2 is 0.774 bits per heavy atom. The zero-order valence-corrected chi connectivity index (χ0v) is 37.9. The number of hydrogen-bond acceptors (Lipinski definition) is 16. The average Bonchev–Trinajstić information content (AvgIpc) is 3.08. The lowest BCUT2D eigenvalue weighted by Gasteiger charge is -2.25. The number of carbonyl (C=O) groups is 6. The highest BCUT2D eigenvalue weighted by Gasteiger charge is 2.33. The molecule has 0 unspecified atom stereocenters. The van der Waals surface area contributed by atoms with Gasteiger partial charge in [0.05, 0.1) is 39.3 Å². The normalized spacial score (nSPS) is 12.9. The molecule has 0 aromatic heterocycles. The maximum absolute atomic E-state index is 13.2. The number of carbonyl (C=O) groups excluding carboxylic acids is 6. The third-order valence-corrected chi connectivity index (χ3v) is 7.25. The molecule has 18 nitrogen and oxygen atoms in total. The van der Waals surface area contributed by atoms with Crippen LogP contribution in [0, 0.1) is 0 Å². The minimum Gasteiger partial charge on any atom is -0.508 e. The summed E-state index contributed by atoms with van der Waals surface area (Å²) < 4.78 is 43.8. The Hall–Kier alpha value is -5.62. The molecule has 0 fully saturated rings. The van der Waals surface area contributed by atoms with Crippen molar-refractivity contribution in [3.63, 3.8) is 0 Å². The van der Waals surface area contributed by atoms with Gasteiger partial charge in [0.2, 0.25) is 0 Å². The Labute approximate surface area is 363 Å². The first-order chi connectivity index (χ1) is 28.5. The Balaban J connectivity index is 1.85. The molecule has 0 aliphatic carbocycles. The van der Waals surface area contributed by atoms with E-state index in [1.54, 1.807) is 83.1 Å². The quantitative estimate of drug-likeness (QED) is 0.0738. The van der Waals surface area contributed by atoms with Crippen LogP contribution in [0.4, 0.5) is 0 Å². The predicted octanol–water partition coefficient (Wildman–Crippen LogP) is 4.93. The van der Waals surface area contributed by atoms with Gasteiger partial charge in [0, 0.05) is 23.3 Å². The molecule has 2 amide bonds. The second-order valence-electron chi connectivity index (χ2n) is 18.1. The highest BCUT2D eigenvalue weighted by atomic mass is 16.6. The number of phenols is 2. The summed E-state index contributed by atoms with van der Waals surface area (Å²) in [6.07, 6.45) is -0.957. The van der Waals surface area contributed by atoms with Crippen molar-refractivity contribution in [3.8, 4) is 23.0 Å². The van der Waals surface area contributed by atoms with Gasteiger partial charge < -0.3 is 58.7 Å². The van der Waals surface area contributed by atoms with E-state index in [-0.39, 0.29) is 73.8 Å². The molecule has 346 valence electrons. The average molecular weight is 877 g/mol. The second-order valence-corrected chi connectivity index (χ2v) is 18.1. The fraction of sp³-hybridized carbons (Fsp3) is 0.591. The van der Waals surface area contributed by atoms with Crippen molar-refractivity contribution < 1.29 is 76.9 Å². The molecular formula is C44H64N2O16. The first-order valence-electron chi connectivity index (χ1n) is 20.1. The third-order valence-electron chi connectivity index (χ3n) is 7.25. The zero-order chi connectivity index (χ0) is 47.1. The van der Waals surface area contributed by atoms with Crippen LogP contribution in [0.5, 0.6) is 23.0 Å². The molecule has 4 N–H and O–H groups in total. The topological polar surface area (TPSA) is 241 Å². The molecule has 0 bridgehead atoms. The Bertz CT molecular complexity index is 1720. The van der Waals surface area contributed by atoms with E-state index in [0.717, 1.165) is 0 Å². The van der Waals surface area contributed by atoms with Gasteiger partial charge in [0.25, 0.3) is 11.8 Å². The number of aromatic hydroxyl groups is 2. The van der Waals surface area contributed by atoms with Crippen LogP contribution in [0.25, 0.3) is 0 Å². The molecule has 0 radical (unpaired) electrons. The lowest BCUT2D eigenvalue weighted by atomic mass is 10.1. The number of hydrogen-bond donors (Lipinski definition) is 4. The number of ether oxygens (including phenoxy) is 8. The number of phenolic OH excluding ortho intramolecular Hbond substituents is 2. The van der Waals surface area contributed by atoms with Gasteiger partial charge in [0.1, 0.15) is 70.7 Å². The largest absolute Gasteiger partial charge is 0.508 e. The molecule has 2 rings (SSSR count). The van der Waals surface area contributed by atoms with Crippen molar-refractivity contribution >= 4 is 35.7 Å². The van der Waals surface area contributed by atoms with Crippen LogP contribution in [0.2, 0.25) is 0 Å². The predicted molar refractivity (Wildman–Crippen MR) is 224 cm³/mol. The Kier molecular flexibility index (Phi) is 19.5. The molecule has 2 aromatic carbocycles. The zero-order valence-electron chi connectivity index (χ0n) is 37.9. The summed E-state index contributed by atoms with van der Waals surface area (Å²) in [7, 11) is 0. The fourth-order valence-corrected chi connectivity index (χ4v) is 5.07. The van der Waals surface area contributed by atoms with E-state index < -0.39 is 83.0 Å². The molecule has 0 aliphatic rings. The van der Waals surface area contributed by atoms with Crippen LogP contribution in [-0.4, -0.2) is 120 Å². The van der Waals surface area contributed by atoms with E-state index in [2.05, 4.69) is 10.6 Å². The fourth-order valence-electron chi connectivity index (χ4n) is 5.07. The van der Waals surface area contributed by atoms with Crippen LogP contribution in [0.15, 0.2) is 36.4 Å². The molecule has 2 atom stereocenters. The number of benzene rings is 2. The number of amides is 2. The van der Waals surface area contributed by atoms with Gasteiger partial charge in [-0.2, -0.15) is 0 Å². The molecular weight excluding hydrogens is 812 g/mol. The van der Waals surface area contributed by atoms with Crippen molar-refractivity contribution in [1.82, 2.24) is 10.6 Å². The second kappa shape index (κ2) is 23.0. The van der Waals surface area contributed by atoms with Gasteiger partial charge >= 0.3 is 23.9 Å². The van der Waals surface area contributed by atoms with Crippen LogP contribution >= 0.6 is 0 Å². The summed E-state index contributed by atoms with van der Waals surface area (Å²) in [6.45, 7) is 20.6. The lowest BCUT2D eigenvalue weighted by Crippen LogP contribution is -2.46. The van der Waals surface area contributed by atoms with E-state index in [0.29, 0.717) is 0 Å². The maximum atomic E-state index is 13.2. The summed E-state index contributed by atoms with van der Waals surface area (Å²) in [5, 5.41) is 25.5. The molecule has 62 heavy (non-hydrogen) atoms. The van der Waals surface area contributed by atoms with Crippen molar-refractivity contribution in [2.75, 3.05) is 39.6 Å². The summed E-state index contributed by atoms with van der Waals surface area (Å²) in [6, 6.07) is 4.92. The van der Waals surface area contributed by atoms with E-state index in [4.69, 9.17) is 37.9 Å². The Morgan fingerprint density at radius 3 is 1.08 bits per heavy atom. The molecule has 0 saturated heterocycles. The lowest BCUT2D eigenvalue weighted by molar-refractivity contribution is -0.164. The Morgan fingerprint density at radius 1 is 0.468 bits per heavy atom. The number of nitrogens with one attached hydrogen (secondary N) is 2. The van der Waals surface area contributed by atoms with Crippen LogP contribution in [0.3, 0.4) is 0 Å². The number of rotatable bonds is 21. The van der Waals surface area contributed by atoms with Crippen molar-refractivity contribution in [2.24, 2.45) is 0 Å². The van der Waals surface area contributed by atoms with E-state index in [1.165, 1.54) is 36.4 Å². The molecule has 0 aliphatic heterocycles. The SMILES string of the molecule is CC(C)(C)OC(=O)C[C@H](NC(=O)c1cc(O)cc(OCCOCCOCCOc2cc(O)cc(C(=O)N[C@@H](CC(=O)OC(C)(C)C)C(=O)OC(C)(C)C)c2)c1)C(=O)OC(C)(C)C. The molecule has 0 saturated carbocycles. The van der Waals surface area contributed by atoms with E-state index >= 15 is 0 Å². The minimum atomic E-state index is -1.37. The monoisotopic (exact) mass is 876 g/mol. The summed E-state index contributed by atoms with van der Waals surface area (Å²) >= 11 is 0. The van der Waals surface area contributed by atoms with E-state index in [1.807, 2.05) is 0 Å². The summed E-state index contributed by atoms with van der Waals surface area (Å²) in [4.78, 5) is 77.2. The van der Waals surface area contributed by atoms with E-state index in [9.17, 15) is 39.0 Å². The smallest absolute Gasteiger partial charge is 0.329 e. The molecule has 0 spiro atoms. The highest BCUT2D eigenvalue weighted by Crippen LogP contribution is 2.24. The van der Waals surface area contributed by atoms with Gasteiger partial charge in [-0.1, -0.05) is 0 Å². The minimum absolute atomic E-state index is 0.0402. The van der Waals surface area contributed by atoms with Crippen molar-refractivity contribution in [1.29, 1.82) is 0 Å². The van der Waals surface area contributed by atoms with Gasteiger partial charge in [-0.15, -0.1) is 0 Å². The third kappa shape index (κ3) is 22.3. The van der Waals surface area contributed by atoms with Crippen molar-refractivity contribution in [2.45, 2.75) is 130 Å². The van der Waals surface area contributed by atoms with Crippen LogP contribution in [-0.2, 0) is 47.6 Å². The molecule has 0 heterocycles. The van der Waals surface area contributed by atoms with Gasteiger partial charge in [0.15, 0.2) is 0 Å². The maximum Gasteiger partial charge on any atom is 0.329 e. The van der Waals surface area contributed by atoms with Gasteiger partial charge in [-0.3, -0.25) is 19.2 Å². The standard InChI is InChI=1S/C44H64N2O16/c1-41(2,3)59-35(49)25-33(39(53)61-43(7,8)9)45-37(51)27-19-29(47)23-31(21-27)57-17-15-55-13-14-56-16-18-58-32-22-28(20-30(48)24-32)38(52)46-34(40(54)62-44(10,11)12)26-36(50)60-42(4,5)6/h19-24,33-34,47-48H,13-18,25-26H2,1-12H3,(H,45,51)(H,46,52)/t33-,34-/m0/s1.